The number of benzene rings is 2. The Hall–Kier alpha value is -0.980. The highest BCUT2D eigenvalue weighted by molar-refractivity contribution is 14.1. The molecule has 0 atom stereocenters. The molecule has 0 fully saturated rings. The highest BCUT2D eigenvalue weighted by Gasteiger charge is 2.21. The second-order valence-corrected chi connectivity index (χ2v) is 6.54. The quantitative estimate of drug-likeness (QED) is 0.592. The minimum absolute atomic E-state index is 0.474. The summed E-state index contributed by atoms with van der Waals surface area (Å²) in [7, 11) is 3.13. The molecular formula is C16H12Cl2INO2. The van der Waals surface area contributed by atoms with E-state index in [-0.39, 0.29) is 0 Å². The van der Waals surface area contributed by atoms with Crippen molar-refractivity contribution in [1.82, 2.24) is 0 Å². The SMILES string of the molecule is COc1cc(OC)c(Cl)c(-c2ccc3c(c2)CN=C3I)c1Cl. The van der Waals surface area contributed by atoms with Crippen LogP contribution in [0.25, 0.3) is 11.1 Å². The van der Waals surface area contributed by atoms with Crippen molar-refractivity contribution in [1.29, 1.82) is 0 Å². The lowest BCUT2D eigenvalue weighted by Gasteiger charge is -2.15. The van der Waals surface area contributed by atoms with Crippen LogP contribution < -0.4 is 9.47 Å². The van der Waals surface area contributed by atoms with Crippen LogP contribution in [-0.4, -0.2) is 17.9 Å². The predicted octanol–water partition coefficient (Wildman–Crippen LogP) is 5.37. The van der Waals surface area contributed by atoms with Crippen molar-refractivity contribution in [3.05, 3.63) is 45.4 Å². The molecule has 0 unspecified atom stereocenters. The molecule has 0 radical (unpaired) electrons. The summed E-state index contributed by atoms with van der Waals surface area (Å²) >= 11 is 15.2. The van der Waals surface area contributed by atoms with Gasteiger partial charge in [-0.1, -0.05) is 35.3 Å². The van der Waals surface area contributed by atoms with Crippen molar-refractivity contribution in [3.8, 4) is 22.6 Å². The van der Waals surface area contributed by atoms with Crippen LogP contribution in [0.5, 0.6) is 11.5 Å². The highest BCUT2D eigenvalue weighted by Crippen LogP contribution is 2.46. The number of methoxy groups -OCH3 is 2. The molecular weight excluding hydrogens is 436 g/mol. The summed E-state index contributed by atoms with van der Waals surface area (Å²) in [6, 6.07) is 7.79. The zero-order valence-corrected chi connectivity index (χ0v) is 15.6. The molecule has 0 amide bonds. The predicted molar refractivity (Wildman–Crippen MR) is 99.3 cm³/mol. The maximum absolute atomic E-state index is 6.46. The molecule has 3 nitrogen and oxygen atoms in total. The third-order valence-corrected chi connectivity index (χ3v) is 5.25. The molecule has 1 heterocycles. The van der Waals surface area contributed by atoms with Gasteiger partial charge in [-0.2, -0.15) is 0 Å². The summed E-state index contributed by atoms with van der Waals surface area (Å²) in [5, 5.41) is 0.948. The van der Waals surface area contributed by atoms with Gasteiger partial charge in [-0.05, 0) is 39.8 Å². The average molecular weight is 448 g/mol. The standard InChI is InChI=1S/C16H12Cl2INO2/c1-21-11-6-12(22-2)15(18)13(14(11)17)8-3-4-10-9(5-8)7-20-16(10)19/h3-6H,7H2,1-2H3. The Morgan fingerprint density at radius 1 is 1.05 bits per heavy atom. The molecule has 22 heavy (non-hydrogen) atoms. The van der Waals surface area contributed by atoms with Gasteiger partial charge in [-0.25, -0.2) is 0 Å². The lowest BCUT2D eigenvalue weighted by Crippen LogP contribution is -1.95. The van der Waals surface area contributed by atoms with Crippen LogP contribution in [0.2, 0.25) is 10.0 Å². The van der Waals surface area contributed by atoms with Gasteiger partial charge in [0.15, 0.2) is 0 Å². The summed E-state index contributed by atoms with van der Waals surface area (Å²) in [5.41, 5.74) is 3.96. The molecule has 0 N–H and O–H groups in total. The third-order valence-electron chi connectivity index (χ3n) is 3.58. The van der Waals surface area contributed by atoms with E-state index in [4.69, 9.17) is 32.7 Å². The average Bonchev–Trinajstić information content (AvgIpc) is 2.89. The van der Waals surface area contributed by atoms with Gasteiger partial charge in [0.25, 0.3) is 0 Å². The zero-order chi connectivity index (χ0) is 15.9. The Morgan fingerprint density at radius 3 is 2.27 bits per heavy atom. The highest BCUT2D eigenvalue weighted by atomic mass is 127. The number of rotatable bonds is 3. The molecule has 0 aromatic heterocycles. The van der Waals surface area contributed by atoms with E-state index in [1.807, 2.05) is 12.1 Å². The molecule has 2 aromatic carbocycles. The van der Waals surface area contributed by atoms with Crippen LogP contribution in [0.3, 0.4) is 0 Å². The molecule has 6 heteroatoms. The number of hydrogen-bond donors (Lipinski definition) is 0. The van der Waals surface area contributed by atoms with Gasteiger partial charge in [0.05, 0.1) is 30.8 Å². The molecule has 0 spiro atoms. The second kappa shape index (κ2) is 6.26. The first-order valence-corrected chi connectivity index (χ1v) is 8.34. The van der Waals surface area contributed by atoms with Crippen molar-refractivity contribution in [3.63, 3.8) is 0 Å². The van der Waals surface area contributed by atoms with Gasteiger partial charge in [0.2, 0.25) is 0 Å². The first-order valence-electron chi connectivity index (χ1n) is 6.50. The molecule has 3 rings (SSSR count). The number of ether oxygens (including phenoxy) is 2. The molecule has 1 aliphatic heterocycles. The van der Waals surface area contributed by atoms with Crippen molar-refractivity contribution in [2.75, 3.05) is 14.2 Å². The molecule has 114 valence electrons. The molecule has 2 aromatic rings. The molecule has 0 bridgehead atoms. The smallest absolute Gasteiger partial charge is 0.141 e. The van der Waals surface area contributed by atoms with Crippen LogP contribution in [0.4, 0.5) is 0 Å². The van der Waals surface area contributed by atoms with Crippen molar-refractivity contribution in [2.24, 2.45) is 4.99 Å². The summed E-state index contributed by atoms with van der Waals surface area (Å²) in [4.78, 5) is 4.44. The lowest BCUT2D eigenvalue weighted by molar-refractivity contribution is 0.395. The molecule has 0 saturated carbocycles. The van der Waals surface area contributed by atoms with E-state index in [9.17, 15) is 0 Å². The Labute approximate surface area is 152 Å². The van der Waals surface area contributed by atoms with E-state index in [0.717, 1.165) is 20.4 Å². The van der Waals surface area contributed by atoms with Crippen LogP contribution in [0.1, 0.15) is 11.1 Å². The lowest BCUT2D eigenvalue weighted by atomic mass is 9.99. The normalized spacial score (nSPS) is 12.9. The minimum Gasteiger partial charge on any atom is -0.495 e. The van der Waals surface area contributed by atoms with E-state index in [1.165, 1.54) is 0 Å². The number of aliphatic imine (C=N–C) groups is 1. The monoisotopic (exact) mass is 447 g/mol. The molecule has 1 aliphatic rings. The molecule has 0 saturated heterocycles. The van der Waals surface area contributed by atoms with Gasteiger partial charge in [0, 0.05) is 17.2 Å². The van der Waals surface area contributed by atoms with Gasteiger partial charge >= 0.3 is 0 Å². The Kier molecular flexibility index (Phi) is 4.52. The number of halogens is 3. The number of fused-ring (bicyclic) bond motifs is 1. The van der Waals surface area contributed by atoms with E-state index in [1.54, 1.807) is 20.3 Å². The van der Waals surface area contributed by atoms with Crippen molar-refractivity contribution in [2.45, 2.75) is 6.54 Å². The van der Waals surface area contributed by atoms with Gasteiger partial charge in [-0.15, -0.1) is 0 Å². The van der Waals surface area contributed by atoms with Crippen LogP contribution in [-0.2, 0) is 6.54 Å². The maximum atomic E-state index is 6.46. The number of hydrogen-bond acceptors (Lipinski definition) is 3. The summed E-state index contributed by atoms with van der Waals surface area (Å²) in [5.74, 6) is 1.06. The first-order chi connectivity index (χ1) is 10.6. The minimum atomic E-state index is 0.474. The Balaban J connectivity index is 2.20. The maximum Gasteiger partial charge on any atom is 0.141 e. The zero-order valence-electron chi connectivity index (χ0n) is 11.9. The topological polar surface area (TPSA) is 30.8 Å². The summed E-state index contributed by atoms with van der Waals surface area (Å²) in [6.07, 6.45) is 0. The van der Waals surface area contributed by atoms with Crippen LogP contribution in [0, 0.1) is 0 Å². The molecule has 0 aliphatic carbocycles. The van der Waals surface area contributed by atoms with Crippen molar-refractivity contribution >= 4 is 49.5 Å². The number of nitrogens with zero attached hydrogens (tertiary/aromatic N) is 1. The fourth-order valence-corrected chi connectivity index (χ4v) is 3.88. The van der Waals surface area contributed by atoms with Gasteiger partial charge in [0.1, 0.15) is 15.2 Å². The van der Waals surface area contributed by atoms with E-state index >= 15 is 0 Å². The van der Waals surface area contributed by atoms with E-state index < -0.39 is 0 Å². The van der Waals surface area contributed by atoms with Crippen LogP contribution in [0.15, 0.2) is 29.3 Å². The third kappa shape index (κ3) is 2.57. The van der Waals surface area contributed by atoms with E-state index in [0.29, 0.717) is 33.7 Å². The van der Waals surface area contributed by atoms with E-state index in [2.05, 4.69) is 33.6 Å². The largest absolute Gasteiger partial charge is 0.495 e. The summed E-state index contributed by atoms with van der Waals surface area (Å²) < 4.78 is 11.7. The Morgan fingerprint density at radius 2 is 1.68 bits per heavy atom. The first kappa shape index (κ1) is 15.9. The summed E-state index contributed by atoms with van der Waals surface area (Å²) in [6.45, 7) is 0.678. The van der Waals surface area contributed by atoms with Crippen LogP contribution >= 0.6 is 45.8 Å². The fraction of sp³-hybridized carbons (Fsp3) is 0.188. The van der Waals surface area contributed by atoms with Gasteiger partial charge in [-0.3, -0.25) is 4.99 Å². The fourth-order valence-electron chi connectivity index (χ4n) is 2.46. The second-order valence-electron chi connectivity index (χ2n) is 4.76. The Bertz CT molecular complexity index is 762. The van der Waals surface area contributed by atoms with Gasteiger partial charge < -0.3 is 9.47 Å². The van der Waals surface area contributed by atoms with Crippen molar-refractivity contribution < 1.29 is 9.47 Å².